The standard InChI is InChI=1S/C23H31N3O4/c1-4-29-14-15-30-21-11-6-5-10-20(21)24-17-22(27)25-19-9-7-8-18(16-19)12-13-23(28)26(2)3/h5-11,16,24H,4,12-15,17H2,1-3H3,(H,25,27). The predicted molar refractivity (Wildman–Crippen MR) is 119 cm³/mol. The number of nitrogens with zero attached hydrogens (tertiary/aromatic N) is 1. The lowest BCUT2D eigenvalue weighted by atomic mass is 10.1. The highest BCUT2D eigenvalue weighted by atomic mass is 16.5. The maximum Gasteiger partial charge on any atom is 0.243 e. The quantitative estimate of drug-likeness (QED) is 0.523. The molecule has 2 aromatic carbocycles. The Hall–Kier alpha value is -3.06. The van der Waals surface area contributed by atoms with Gasteiger partial charge < -0.3 is 25.0 Å². The van der Waals surface area contributed by atoms with Gasteiger partial charge in [-0.2, -0.15) is 0 Å². The largest absolute Gasteiger partial charge is 0.489 e. The summed E-state index contributed by atoms with van der Waals surface area (Å²) in [5, 5.41) is 6.00. The van der Waals surface area contributed by atoms with Gasteiger partial charge in [0.2, 0.25) is 11.8 Å². The van der Waals surface area contributed by atoms with E-state index in [0.29, 0.717) is 44.1 Å². The first kappa shape index (κ1) is 23.2. The Bertz CT molecular complexity index is 824. The van der Waals surface area contributed by atoms with Crippen molar-refractivity contribution in [2.75, 3.05) is 51.1 Å². The molecule has 0 saturated carbocycles. The van der Waals surface area contributed by atoms with Gasteiger partial charge >= 0.3 is 0 Å². The van der Waals surface area contributed by atoms with Gasteiger partial charge in [-0.3, -0.25) is 9.59 Å². The predicted octanol–water partition coefficient (Wildman–Crippen LogP) is 3.17. The van der Waals surface area contributed by atoms with Crippen molar-refractivity contribution < 1.29 is 19.1 Å². The van der Waals surface area contributed by atoms with Crippen LogP contribution in [0.3, 0.4) is 0 Å². The van der Waals surface area contributed by atoms with Crippen molar-refractivity contribution in [2.24, 2.45) is 0 Å². The second kappa shape index (κ2) is 12.5. The highest BCUT2D eigenvalue weighted by molar-refractivity contribution is 5.94. The third-order valence-electron chi connectivity index (χ3n) is 4.35. The van der Waals surface area contributed by atoms with Gasteiger partial charge in [0.25, 0.3) is 0 Å². The van der Waals surface area contributed by atoms with Gasteiger partial charge in [0, 0.05) is 32.8 Å². The fourth-order valence-electron chi connectivity index (χ4n) is 2.75. The number of hydrogen-bond acceptors (Lipinski definition) is 5. The van der Waals surface area contributed by atoms with Gasteiger partial charge in [0.1, 0.15) is 12.4 Å². The molecule has 2 amide bonds. The average Bonchev–Trinajstić information content (AvgIpc) is 2.74. The highest BCUT2D eigenvalue weighted by Crippen LogP contribution is 2.23. The second-order valence-electron chi connectivity index (χ2n) is 6.93. The monoisotopic (exact) mass is 413 g/mol. The van der Waals surface area contributed by atoms with Gasteiger partial charge in [-0.25, -0.2) is 0 Å². The maximum absolute atomic E-state index is 12.4. The fourth-order valence-corrected chi connectivity index (χ4v) is 2.75. The van der Waals surface area contributed by atoms with Crippen LogP contribution in [0.5, 0.6) is 5.75 Å². The van der Waals surface area contributed by atoms with Crippen LogP contribution in [-0.4, -0.2) is 57.2 Å². The number of aryl methyl sites for hydroxylation is 1. The van der Waals surface area contributed by atoms with Crippen LogP contribution in [-0.2, 0) is 20.7 Å². The Balaban J connectivity index is 1.85. The molecule has 0 aromatic heterocycles. The van der Waals surface area contributed by atoms with Crippen molar-refractivity contribution in [2.45, 2.75) is 19.8 Å². The molecule has 2 N–H and O–H groups in total. The normalized spacial score (nSPS) is 10.4. The Kier molecular flexibility index (Phi) is 9.67. The van der Waals surface area contributed by atoms with E-state index < -0.39 is 0 Å². The van der Waals surface area contributed by atoms with E-state index in [-0.39, 0.29) is 18.4 Å². The molecule has 0 spiro atoms. The van der Waals surface area contributed by atoms with Gasteiger partial charge in [0.15, 0.2) is 0 Å². The van der Waals surface area contributed by atoms with Crippen LogP contribution in [0, 0.1) is 0 Å². The Morgan fingerprint density at radius 2 is 1.83 bits per heavy atom. The minimum Gasteiger partial charge on any atom is -0.489 e. The van der Waals surface area contributed by atoms with Crippen LogP contribution in [0.2, 0.25) is 0 Å². The molecule has 0 aliphatic rings. The summed E-state index contributed by atoms with van der Waals surface area (Å²) in [4.78, 5) is 25.7. The fraction of sp³-hybridized carbons (Fsp3) is 0.391. The lowest BCUT2D eigenvalue weighted by Crippen LogP contribution is -2.22. The first-order valence-electron chi connectivity index (χ1n) is 10.1. The summed E-state index contributed by atoms with van der Waals surface area (Å²) in [6.07, 6.45) is 1.07. The molecule has 0 bridgehead atoms. The summed E-state index contributed by atoms with van der Waals surface area (Å²) in [7, 11) is 3.49. The molecular formula is C23H31N3O4. The molecule has 0 aliphatic heterocycles. The molecular weight excluding hydrogens is 382 g/mol. The summed E-state index contributed by atoms with van der Waals surface area (Å²) in [5.74, 6) is 0.592. The second-order valence-corrected chi connectivity index (χ2v) is 6.93. The molecule has 0 radical (unpaired) electrons. The molecule has 0 unspecified atom stereocenters. The molecule has 0 saturated heterocycles. The van der Waals surface area contributed by atoms with E-state index in [1.165, 1.54) is 0 Å². The number of nitrogens with one attached hydrogen (secondary N) is 2. The van der Waals surface area contributed by atoms with Crippen molar-refractivity contribution in [1.29, 1.82) is 0 Å². The van der Waals surface area contributed by atoms with Crippen LogP contribution in [0.25, 0.3) is 0 Å². The third-order valence-corrected chi connectivity index (χ3v) is 4.35. The molecule has 2 aromatic rings. The Labute approximate surface area is 178 Å². The SMILES string of the molecule is CCOCCOc1ccccc1NCC(=O)Nc1cccc(CCC(=O)N(C)C)c1. The molecule has 0 fully saturated rings. The van der Waals surface area contributed by atoms with Gasteiger partial charge in [-0.05, 0) is 43.2 Å². The summed E-state index contributed by atoms with van der Waals surface area (Å²) < 4.78 is 11.0. The summed E-state index contributed by atoms with van der Waals surface area (Å²) >= 11 is 0. The summed E-state index contributed by atoms with van der Waals surface area (Å²) in [6, 6.07) is 15.0. The van der Waals surface area contributed by atoms with E-state index in [2.05, 4.69) is 10.6 Å². The smallest absolute Gasteiger partial charge is 0.243 e. The van der Waals surface area contributed by atoms with Crippen molar-refractivity contribution in [3.63, 3.8) is 0 Å². The topological polar surface area (TPSA) is 79.9 Å². The molecule has 7 nitrogen and oxygen atoms in total. The first-order valence-corrected chi connectivity index (χ1v) is 10.1. The Morgan fingerprint density at radius 1 is 1.03 bits per heavy atom. The lowest BCUT2D eigenvalue weighted by molar-refractivity contribution is -0.128. The van der Waals surface area contributed by atoms with E-state index in [1.54, 1.807) is 19.0 Å². The highest BCUT2D eigenvalue weighted by Gasteiger charge is 2.08. The van der Waals surface area contributed by atoms with Crippen molar-refractivity contribution in [1.82, 2.24) is 4.90 Å². The van der Waals surface area contributed by atoms with Gasteiger partial charge in [-0.15, -0.1) is 0 Å². The van der Waals surface area contributed by atoms with E-state index in [0.717, 1.165) is 11.3 Å². The van der Waals surface area contributed by atoms with Crippen LogP contribution in [0.4, 0.5) is 11.4 Å². The number of rotatable bonds is 12. The van der Waals surface area contributed by atoms with Gasteiger partial charge in [0.05, 0.1) is 18.8 Å². The number of para-hydroxylation sites is 2. The minimum absolute atomic E-state index is 0.0794. The van der Waals surface area contributed by atoms with Crippen LogP contribution in [0.15, 0.2) is 48.5 Å². The molecule has 162 valence electrons. The zero-order chi connectivity index (χ0) is 21.8. The van der Waals surface area contributed by atoms with Crippen LogP contribution < -0.4 is 15.4 Å². The number of anilines is 2. The van der Waals surface area contributed by atoms with Crippen molar-refractivity contribution >= 4 is 23.2 Å². The third kappa shape index (κ3) is 8.13. The van der Waals surface area contributed by atoms with Crippen molar-refractivity contribution in [3.05, 3.63) is 54.1 Å². The summed E-state index contributed by atoms with van der Waals surface area (Å²) in [6.45, 7) is 3.66. The summed E-state index contributed by atoms with van der Waals surface area (Å²) in [5.41, 5.74) is 2.46. The van der Waals surface area contributed by atoms with Crippen LogP contribution >= 0.6 is 0 Å². The molecule has 30 heavy (non-hydrogen) atoms. The lowest BCUT2D eigenvalue weighted by Gasteiger charge is -2.14. The van der Waals surface area contributed by atoms with E-state index >= 15 is 0 Å². The van der Waals surface area contributed by atoms with E-state index in [4.69, 9.17) is 9.47 Å². The van der Waals surface area contributed by atoms with Crippen molar-refractivity contribution in [3.8, 4) is 5.75 Å². The average molecular weight is 414 g/mol. The molecule has 7 heteroatoms. The van der Waals surface area contributed by atoms with E-state index in [1.807, 2.05) is 55.5 Å². The number of amides is 2. The number of hydrogen-bond donors (Lipinski definition) is 2. The minimum atomic E-state index is -0.166. The number of benzene rings is 2. The zero-order valence-corrected chi connectivity index (χ0v) is 17.9. The molecule has 0 heterocycles. The molecule has 0 atom stereocenters. The molecule has 2 rings (SSSR count). The first-order chi connectivity index (χ1) is 14.5. The zero-order valence-electron chi connectivity index (χ0n) is 17.9. The number of carbonyl (C=O) groups is 2. The molecule has 0 aliphatic carbocycles. The number of ether oxygens (including phenoxy) is 2. The number of carbonyl (C=O) groups excluding carboxylic acids is 2. The van der Waals surface area contributed by atoms with Crippen LogP contribution in [0.1, 0.15) is 18.9 Å². The maximum atomic E-state index is 12.4. The van der Waals surface area contributed by atoms with E-state index in [9.17, 15) is 9.59 Å². The Morgan fingerprint density at radius 3 is 2.60 bits per heavy atom. The van der Waals surface area contributed by atoms with Gasteiger partial charge in [-0.1, -0.05) is 24.3 Å².